The van der Waals surface area contributed by atoms with Gasteiger partial charge >= 0.3 is 5.97 Å². The van der Waals surface area contributed by atoms with Crippen LogP contribution in [0.3, 0.4) is 0 Å². The fourth-order valence-electron chi connectivity index (χ4n) is 3.20. The molecule has 1 fully saturated rings. The van der Waals surface area contributed by atoms with Gasteiger partial charge in [-0.1, -0.05) is 24.3 Å². The van der Waals surface area contributed by atoms with Crippen molar-refractivity contribution in [3.8, 4) is 0 Å². The highest BCUT2D eigenvalue weighted by Crippen LogP contribution is 2.31. The third-order valence-electron chi connectivity index (χ3n) is 4.30. The van der Waals surface area contributed by atoms with E-state index in [0.717, 1.165) is 12.0 Å². The summed E-state index contributed by atoms with van der Waals surface area (Å²) >= 11 is 0. The number of rotatable bonds is 3. The van der Waals surface area contributed by atoms with Crippen LogP contribution in [0.1, 0.15) is 31.9 Å². The lowest BCUT2D eigenvalue weighted by atomic mass is 9.99. The van der Waals surface area contributed by atoms with Crippen molar-refractivity contribution in [3.05, 3.63) is 35.4 Å². The number of hydrogen-bond acceptors (Lipinski definition) is 5. The maximum Gasteiger partial charge on any atom is 0.338 e. The van der Waals surface area contributed by atoms with E-state index in [1.165, 1.54) is 5.56 Å². The highest BCUT2D eigenvalue weighted by molar-refractivity contribution is 5.89. The molecule has 2 atom stereocenters. The van der Waals surface area contributed by atoms with E-state index in [0.29, 0.717) is 13.1 Å². The second-order valence-electron chi connectivity index (χ2n) is 6.51. The quantitative estimate of drug-likeness (QED) is 0.787. The summed E-state index contributed by atoms with van der Waals surface area (Å²) in [4.78, 5) is 26.8. The van der Waals surface area contributed by atoms with Crippen molar-refractivity contribution in [3.63, 3.8) is 0 Å². The van der Waals surface area contributed by atoms with Crippen molar-refractivity contribution in [2.45, 2.75) is 51.7 Å². The molecule has 0 spiro atoms. The Morgan fingerprint density at radius 2 is 1.88 bits per heavy atom. The second-order valence-corrected chi connectivity index (χ2v) is 6.51. The number of esters is 1. The first kappa shape index (κ1) is 16.9. The van der Waals surface area contributed by atoms with Gasteiger partial charge in [-0.25, -0.2) is 4.79 Å². The Morgan fingerprint density at radius 1 is 1.21 bits per heavy atom. The molecule has 6 nitrogen and oxygen atoms in total. The molecule has 6 heteroatoms. The third-order valence-corrected chi connectivity index (χ3v) is 4.30. The molecule has 130 valence electrons. The molecule has 2 heterocycles. The first-order chi connectivity index (χ1) is 11.4. The summed E-state index contributed by atoms with van der Waals surface area (Å²) in [5.74, 6) is -1.78. The Balaban J connectivity index is 1.77. The van der Waals surface area contributed by atoms with Crippen LogP contribution >= 0.6 is 0 Å². The zero-order chi connectivity index (χ0) is 17.3. The van der Waals surface area contributed by atoms with E-state index in [1.807, 2.05) is 18.2 Å². The SMILES string of the molecule is CCOC(=O)[C@H]1OC(C)(C)OC1C(=O)N1CCc2ccccc2C1. The molecule has 1 unspecified atom stereocenters. The smallest absolute Gasteiger partial charge is 0.338 e. The normalized spacial score (nSPS) is 25.2. The molecular weight excluding hydrogens is 310 g/mol. The standard InChI is InChI=1S/C18H23NO5/c1-4-22-17(21)15-14(23-18(2,3)24-15)16(20)19-10-9-12-7-5-6-8-13(12)11-19/h5-8,14-15H,4,9-11H2,1-3H3/t14?,15-/m0/s1. The highest BCUT2D eigenvalue weighted by Gasteiger charge is 2.51. The van der Waals surface area contributed by atoms with Crippen LogP contribution in [-0.4, -0.2) is 47.9 Å². The number of hydrogen-bond donors (Lipinski definition) is 0. The molecule has 0 aromatic heterocycles. The van der Waals surface area contributed by atoms with Crippen molar-refractivity contribution in [1.82, 2.24) is 4.90 Å². The summed E-state index contributed by atoms with van der Waals surface area (Å²) < 4.78 is 16.4. The third kappa shape index (κ3) is 3.30. The Bertz CT molecular complexity index is 642. The van der Waals surface area contributed by atoms with Crippen molar-refractivity contribution in [2.24, 2.45) is 0 Å². The molecule has 3 rings (SSSR count). The van der Waals surface area contributed by atoms with E-state index in [9.17, 15) is 9.59 Å². The van der Waals surface area contributed by atoms with Gasteiger partial charge in [0.1, 0.15) is 0 Å². The summed E-state index contributed by atoms with van der Waals surface area (Å²) in [6.07, 6.45) is -1.20. The van der Waals surface area contributed by atoms with Crippen LogP contribution in [0.5, 0.6) is 0 Å². The summed E-state index contributed by atoms with van der Waals surface area (Å²) in [5, 5.41) is 0. The van der Waals surface area contributed by atoms with Gasteiger partial charge in [-0.2, -0.15) is 0 Å². The van der Waals surface area contributed by atoms with Crippen LogP contribution in [-0.2, 0) is 36.8 Å². The summed E-state index contributed by atoms with van der Waals surface area (Å²) in [5.41, 5.74) is 2.38. The molecule has 0 saturated carbocycles. The number of carbonyl (C=O) groups excluding carboxylic acids is 2. The summed E-state index contributed by atoms with van der Waals surface area (Å²) in [6.45, 7) is 6.46. The van der Waals surface area contributed by atoms with Gasteiger partial charge in [0, 0.05) is 13.1 Å². The predicted molar refractivity (Wildman–Crippen MR) is 86.0 cm³/mol. The highest BCUT2D eigenvalue weighted by atomic mass is 16.8. The van der Waals surface area contributed by atoms with Crippen LogP contribution in [0.15, 0.2) is 24.3 Å². The van der Waals surface area contributed by atoms with Crippen LogP contribution in [0.25, 0.3) is 0 Å². The molecule has 0 aliphatic carbocycles. The van der Waals surface area contributed by atoms with Crippen LogP contribution in [0, 0.1) is 0 Å². The van der Waals surface area contributed by atoms with Gasteiger partial charge in [0.2, 0.25) is 0 Å². The monoisotopic (exact) mass is 333 g/mol. The van der Waals surface area contributed by atoms with Gasteiger partial charge in [0.15, 0.2) is 18.0 Å². The Hall–Kier alpha value is -1.92. The maximum atomic E-state index is 12.9. The average molecular weight is 333 g/mol. The van der Waals surface area contributed by atoms with Gasteiger partial charge in [-0.15, -0.1) is 0 Å². The minimum Gasteiger partial charge on any atom is -0.464 e. The van der Waals surface area contributed by atoms with E-state index >= 15 is 0 Å². The Labute approximate surface area is 141 Å². The van der Waals surface area contributed by atoms with Crippen molar-refractivity contribution in [1.29, 1.82) is 0 Å². The zero-order valence-corrected chi connectivity index (χ0v) is 14.3. The summed E-state index contributed by atoms with van der Waals surface area (Å²) in [6, 6.07) is 8.07. The largest absolute Gasteiger partial charge is 0.464 e. The fourth-order valence-corrected chi connectivity index (χ4v) is 3.20. The second kappa shape index (κ2) is 6.53. The maximum absolute atomic E-state index is 12.9. The number of carbonyl (C=O) groups is 2. The molecule has 1 amide bonds. The molecule has 1 saturated heterocycles. The molecular formula is C18H23NO5. The lowest BCUT2D eigenvalue weighted by Crippen LogP contribution is -2.48. The fraction of sp³-hybridized carbons (Fsp3) is 0.556. The molecule has 1 aromatic rings. The molecule has 24 heavy (non-hydrogen) atoms. The van der Waals surface area contributed by atoms with Gasteiger partial charge in [0.25, 0.3) is 5.91 Å². The molecule has 0 N–H and O–H groups in total. The number of ether oxygens (including phenoxy) is 3. The molecule has 2 aliphatic heterocycles. The lowest BCUT2D eigenvalue weighted by Gasteiger charge is -2.31. The van der Waals surface area contributed by atoms with E-state index in [4.69, 9.17) is 14.2 Å². The van der Waals surface area contributed by atoms with Crippen molar-refractivity contribution in [2.75, 3.05) is 13.2 Å². The van der Waals surface area contributed by atoms with E-state index in [1.54, 1.807) is 25.7 Å². The predicted octanol–water partition coefficient (Wildman–Crippen LogP) is 1.65. The zero-order valence-electron chi connectivity index (χ0n) is 14.3. The van der Waals surface area contributed by atoms with Gasteiger partial charge in [-0.3, -0.25) is 4.79 Å². The van der Waals surface area contributed by atoms with E-state index in [-0.39, 0.29) is 12.5 Å². The van der Waals surface area contributed by atoms with Crippen LogP contribution < -0.4 is 0 Å². The minimum absolute atomic E-state index is 0.229. The molecule has 0 radical (unpaired) electrons. The average Bonchev–Trinajstić information content (AvgIpc) is 2.90. The van der Waals surface area contributed by atoms with Crippen molar-refractivity contribution < 1.29 is 23.8 Å². The van der Waals surface area contributed by atoms with Crippen molar-refractivity contribution >= 4 is 11.9 Å². The first-order valence-corrected chi connectivity index (χ1v) is 8.29. The van der Waals surface area contributed by atoms with Gasteiger partial charge in [-0.05, 0) is 38.3 Å². The summed E-state index contributed by atoms with van der Waals surface area (Å²) in [7, 11) is 0. The van der Waals surface area contributed by atoms with E-state index in [2.05, 4.69) is 6.07 Å². The lowest BCUT2D eigenvalue weighted by molar-refractivity contribution is -0.171. The molecule has 2 aliphatic rings. The number of amides is 1. The molecule has 1 aromatic carbocycles. The number of benzene rings is 1. The van der Waals surface area contributed by atoms with Crippen LogP contribution in [0.4, 0.5) is 0 Å². The van der Waals surface area contributed by atoms with E-state index < -0.39 is 24.0 Å². The van der Waals surface area contributed by atoms with Gasteiger partial charge < -0.3 is 19.1 Å². The topological polar surface area (TPSA) is 65.1 Å². The Morgan fingerprint density at radius 3 is 2.58 bits per heavy atom. The Kier molecular flexibility index (Phi) is 4.60. The van der Waals surface area contributed by atoms with Crippen LogP contribution in [0.2, 0.25) is 0 Å². The molecule has 0 bridgehead atoms. The van der Waals surface area contributed by atoms with Gasteiger partial charge in [0.05, 0.1) is 6.61 Å². The first-order valence-electron chi connectivity index (χ1n) is 8.29. The minimum atomic E-state index is -1.02. The number of nitrogens with zero attached hydrogens (tertiary/aromatic N) is 1. The number of fused-ring (bicyclic) bond motifs is 1.